The van der Waals surface area contributed by atoms with Crippen LogP contribution in [0.1, 0.15) is 49.5 Å². The number of benzene rings is 1. The predicted molar refractivity (Wildman–Crippen MR) is 108 cm³/mol. The lowest BCUT2D eigenvalue weighted by Crippen LogP contribution is -2.44. The minimum atomic E-state index is -0.965. The molecule has 0 unspecified atom stereocenters. The van der Waals surface area contributed by atoms with E-state index in [1.54, 1.807) is 43.1 Å². The zero-order valence-electron chi connectivity index (χ0n) is 16.8. The first-order valence-corrected chi connectivity index (χ1v) is 10.0. The molecule has 1 amide bonds. The highest BCUT2D eigenvalue weighted by Gasteiger charge is 2.29. The van der Waals surface area contributed by atoms with E-state index < -0.39 is 17.6 Å². The van der Waals surface area contributed by atoms with Crippen LogP contribution in [0.4, 0.5) is 0 Å². The van der Waals surface area contributed by atoms with Crippen molar-refractivity contribution in [3.63, 3.8) is 0 Å². The molecule has 1 saturated carbocycles. The van der Waals surface area contributed by atoms with Crippen molar-refractivity contribution in [3.8, 4) is 0 Å². The summed E-state index contributed by atoms with van der Waals surface area (Å²) in [7, 11) is 1.75. The number of carbonyl (C=O) groups is 2. The molecular formula is C21H27N3O5. The summed E-state index contributed by atoms with van der Waals surface area (Å²) in [6.45, 7) is 1.22. The lowest BCUT2D eigenvalue weighted by atomic mass is 9.94. The highest BCUT2D eigenvalue weighted by molar-refractivity contribution is 6.02. The third-order valence-electron chi connectivity index (χ3n) is 5.47. The number of nitrogens with zero attached hydrogens (tertiary/aromatic N) is 3. The Kier molecular flexibility index (Phi) is 6.64. The van der Waals surface area contributed by atoms with Gasteiger partial charge in [-0.2, -0.15) is 5.10 Å². The van der Waals surface area contributed by atoms with Crippen LogP contribution in [0.15, 0.2) is 29.1 Å². The van der Waals surface area contributed by atoms with Gasteiger partial charge < -0.3 is 14.7 Å². The van der Waals surface area contributed by atoms with Gasteiger partial charge in [0, 0.05) is 18.5 Å². The third-order valence-corrected chi connectivity index (χ3v) is 5.47. The Bertz CT molecular complexity index is 949. The molecule has 1 aliphatic rings. The van der Waals surface area contributed by atoms with E-state index >= 15 is 0 Å². The van der Waals surface area contributed by atoms with Crippen molar-refractivity contribution in [1.29, 1.82) is 0 Å². The Hall–Kier alpha value is -2.74. The van der Waals surface area contributed by atoms with Crippen LogP contribution in [0.25, 0.3) is 10.8 Å². The molecule has 1 aliphatic carbocycles. The van der Waals surface area contributed by atoms with Crippen LogP contribution in [0.2, 0.25) is 0 Å². The fourth-order valence-electron chi connectivity index (χ4n) is 3.83. The molecule has 1 atom stereocenters. The second-order valence-electron chi connectivity index (χ2n) is 7.43. The van der Waals surface area contributed by atoms with Gasteiger partial charge in [0.15, 0.2) is 11.8 Å². The van der Waals surface area contributed by atoms with Gasteiger partial charge in [-0.25, -0.2) is 9.48 Å². The SMILES string of the molecule is C[C@H](OC(=O)c1nn(CCO)c(=O)c2ccccc12)C(=O)N(C)C1CCCCC1. The van der Waals surface area contributed by atoms with Gasteiger partial charge in [-0.3, -0.25) is 9.59 Å². The van der Waals surface area contributed by atoms with E-state index in [0.717, 1.165) is 30.4 Å². The molecule has 29 heavy (non-hydrogen) atoms. The number of hydrogen-bond donors (Lipinski definition) is 1. The van der Waals surface area contributed by atoms with Crippen LogP contribution >= 0.6 is 0 Å². The highest BCUT2D eigenvalue weighted by atomic mass is 16.5. The van der Waals surface area contributed by atoms with Crippen molar-refractivity contribution < 1.29 is 19.4 Å². The van der Waals surface area contributed by atoms with Crippen molar-refractivity contribution in [2.45, 2.75) is 57.7 Å². The van der Waals surface area contributed by atoms with Crippen LogP contribution in [0.3, 0.4) is 0 Å². The normalized spacial score (nSPS) is 15.8. The quantitative estimate of drug-likeness (QED) is 0.740. The van der Waals surface area contributed by atoms with Crippen molar-refractivity contribution in [1.82, 2.24) is 14.7 Å². The number of fused-ring (bicyclic) bond motifs is 1. The minimum absolute atomic E-state index is 0.0388. The lowest BCUT2D eigenvalue weighted by Gasteiger charge is -2.32. The minimum Gasteiger partial charge on any atom is -0.448 e. The van der Waals surface area contributed by atoms with Crippen LogP contribution in [-0.4, -0.2) is 57.5 Å². The number of likely N-dealkylation sites (N-methyl/N-ethyl adjacent to an activating group) is 1. The van der Waals surface area contributed by atoms with Crippen molar-refractivity contribution in [2.24, 2.45) is 0 Å². The molecule has 1 aromatic heterocycles. The number of aromatic nitrogens is 2. The van der Waals surface area contributed by atoms with Crippen LogP contribution in [-0.2, 0) is 16.1 Å². The molecule has 0 saturated heterocycles. The fourth-order valence-corrected chi connectivity index (χ4v) is 3.83. The molecule has 8 nitrogen and oxygen atoms in total. The zero-order chi connectivity index (χ0) is 21.0. The van der Waals surface area contributed by atoms with Gasteiger partial charge >= 0.3 is 5.97 Å². The molecule has 1 fully saturated rings. The fraction of sp³-hybridized carbons (Fsp3) is 0.524. The van der Waals surface area contributed by atoms with E-state index in [-0.39, 0.29) is 30.8 Å². The second kappa shape index (κ2) is 9.17. The first-order chi connectivity index (χ1) is 13.9. The van der Waals surface area contributed by atoms with E-state index in [4.69, 9.17) is 4.74 Å². The maximum atomic E-state index is 12.8. The number of rotatable bonds is 6. The average molecular weight is 401 g/mol. The van der Waals surface area contributed by atoms with Gasteiger partial charge in [-0.05, 0) is 25.8 Å². The van der Waals surface area contributed by atoms with Crippen molar-refractivity contribution in [2.75, 3.05) is 13.7 Å². The smallest absolute Gasteiger partial charge is 0.360 e. The number of carbonyl (C=O) groups excluding carboxylic acids is 2. The molecule has 1 N–H and O–H groups in total. The molecule has 2 aromatic rings. The molecule has 0 aliphatic heterocycles. The summed E-state index contributed by atoms with van der Waals surface area (Å²) in [4.78, 5) is 39.7. The maximum absolute atomic E-state index is 12.8. The second-order valence-corrected chi connectivity index (χ2v) is 7.43. The topological polar surface area (TPSA) is 102 Å². The molecule has 156 valence electrons. The molecular weight excluding hydrogens is 374 g/mol. The van der Waals surface area contributed by atoms with Gasteiger partial charge in [-0.15, -0.1) is 0 Å². The van der Waals surface area contributed by atoms with Crippen LogP contribution < -0.4 is 5.56 Å². The van der Waals surface area contributed by atoms with Gasteiger partial charge in [0.25, 0.3) is 11.5 Å². The van der Waals surface area contributed by atoms with E-state index in [1.165, 1.54) is 6.42 Å². The first kappa shape index (κ1) is 21.0. The number of amides is 1. The summed E-state index contributed by atoms with van der Waals surface area (Å²) in [6, 6.07) is 6.76. The van der Waals surface area contributed by atoms with Gasteiger partial charge in [-0.1, -0.05) is 37.5 Å². The average Bonchev–Trinajstić information content (AvgIpc) is 2.75. The summed E-state index contributed by atoms with van der Waals surface area (Å²) in [5.74, 6) is -1.02. The number of esters is 1. The summed E-state index contributed by atoms with van der Waals surface area (Å²) < 4.78 is 6.46. The highest BCUT2D eigenvalue weighted by Crippen LogP contribution is 2.22. The monoisotopic (exact) mass is 401 g/mol. The first-order valence-electron chi connectivity index (χ1n) is 10.0. The Labute approximate surface area is 169 Å². The molecule has 0 radical (unpaired) electrons. The zero-order valence-corrected chi connectivity index (χ0v) is 16.8. The van der Waals surface area contributed by atoms with E-state index in [9.17, 15) is 19.5 Å². The molecule has 0 bridgehead atoms. The summed E-state index contributed by atoms with van der Waals surface area (Å²) >= 11 is 0. The van der Waals surface area contributed by atoms with E-state index in [2.05, 4.69) is 5.10 Å². The van der Waals surface area contributed by atoms with Crippen molar-refractivity contribution in [3.05, 3.63) is 40.3 Å². The summed E-state index contributed by atoms with van der Waals surface area (Å²) in [6.07, 6.45) is 4.33. The third kappa shape index (κ3) is 4.48. The molecule has 0 spiro atoms. The lowest BCUT2D eigenvalue weighted by molar-refractivity contribution is -0.141. The molecule has 1 aromatic carbocycles. The van der Waals surface area contributed by atoms with Crippen LogP contribution in [0, 0.1) is 0 Å². The molecule has 3 rings (SSSR count). The Morgan fingerprint density at radius 3 is 2.55 bits per heavy atom. The Morgan fingerprint density at radius 2 is 1.90 bits per heavy atom. The summed E-state index contributed by atoms with van der Waals surface area (Å²) in [5, 5.41) is 13.9. The maximum Gasteiger partial charge on any atom is 0.360 e. The van der Waals surface area contributed by atoms with Crippen molar-refractivity contribution >= 4 is 22.6 Å². The van der Waals surface area contributed by atoms with E-state index in [0.29, 0.717) is 10.8 Å². The standard InChI is InChI=1S/C21H27N3O5/c1-14(19(26)23(2)15-8-4-3-5-9-15)29-21(28)18-16-10-6-7-11-17(16)20(27)24(22-18)12-13-25/h6-7,10-11,14-15,25H,3-5,8-9,12-13H2,1-2H3/t14-/m0/s1. The van der Waals surface area contributed by atoms with Gasteiger partial charge in [0.2, 0.25) is 0 Å². The van der Waals surface area contributed by atoms with Gasteiger partial charge in [0.05, 0.1) is 18.5 Å². The molecule has 1 heterocycles. The number of aliphatic hydroxyl groups excluding tert-OH is 1. The number of hydrogen-bond acceptors (Lipinski definition) is 6. The number of ether oxygens (including phenoxy) is 1. The predicted octanol–water partition coefficient (Wildman–Crippen LogP) is 1.73. The van der Waals surface area contributed by atoms with Crippen LogP contribution in [0.5, 0.6) is 0 Å². The van der Waals surface area contributed by atoms with Gasteiger partial charge in [0.1, 0.15) is 0 Å². The summed E-state index contributed by atoms with van der Waals surface area (Å²) in [5.41, 5.74) is -0.444. The molecule has 8 heteroatoms. The Morgan fingerprint density at radius 1 is 1.24 bits per heavy atom. The number of aliphatic hydroxyl groups is 1. The Balaban J connectivity index is 1.82. The van der Waals surface area contributed by atoms with E-state index in [1.807, 2.05) is 0 Å². The largest absolute Gasteiger partial charge is 0.448 e.